The van der Waals surface area contributed by atoms with Crippen LogP contribution in [0.3, 0.4) is 0 Å². The van der Waals surface area contributed by atoms with E-state index in [4.69, 9.17) is 9.47 Å². The van der Waals surface area contributed by atoms with E-state index in [1.165, 1.54) is 6.33 Å². The van der Waals surface area contributed by atoms with Crippen LogP contribution in [0.5, 0.6) is 17.5 Å². The Balaban J connectivity index is 1.32. The van der Waals surface area contributed by atoms with Gasteiger partial charge in [-0.15, -0.1) is 0 Å². The van der Waals surface area contributed by atoms with Crippen LogP contribution in [0.25, 0.3) is 11.0 Å². The van der Waals surface area contributed by atoms with E-state index in [0.29, 0.717) is 41.7 Å². The average molecular weight is 481 g/mol. The maximum absolute atomic E-state index is 12.0. The summed E-state index contributed by atoms with van der Waals surface area (Å²) in [7, 11) is 0. The molecule has 3 aromatic heterocycles. The summed E-state index contributed by atoms with van der Waals surface area (Å²) in [5.74, 6) is 7.27. The molecule has 9 nitrogen and oxygen atoms in total. The lowest BCUT2D eigenvalue weighted by Crippen LogP contribution is -2.29. The molecular weight excluding hydrogens is 456 g/mol. The van der Waals surface area contributed by atoms with Gasteiger partial charge in [-0.05, 0) is 44.0 Å². The first-order valence-corrected chi connectivity index (χ1v) is 11.6. The van der Waals surface area contributed by atoms with Gasteiger partial charge in [0, 0.05) is 24.6 Å². The Hall–Kier alpha value is -4.71. The van der Waals surface area contributed by atoms with Gasteiger partial charge >= 0.3 is 0 Å². The Morgan fingerprint density at radius 3 is 2.81 bits per heavy atom. The number of aromatic nitrogens is 4. The normalized spacial score (nSPS) is 14.7. The van der Waals surface area contributed by atoms with Crippen LogP contribution in [0.15, 0.2) is 61.1 Å². The first kappa shape index (κ1) is 23.1. The number of nitrogens with one attached hydrogen (secondary N) is 1. The lowest BCUT2D eigenvalue weighted by molar-refractivity contribution is -0.124. The van der Waals surface area contributed by atoms with Gasteiger partial charge in [-0.2, -0.15) is 0 Å². The number of nitrogens with zero attached hydrogens (tertiary/aromatic N) is 5. The van der Waals surface area contributed by atoms with Crippen molar-refractivity contribution in [3.05, 3.63) is 66.6 Å². The van der Waals surface area contributed by atoms with Gasteiger partial charge in [0.25, 0.3) is 5.91 Å². The van der Waals surface area contributed by atoms with E-state index in [1.807, 2.05) is 49.4 Å². The molecule has 0 radical (unpaired) electrons. The summed E-state index contributed by atoms with van der Waals surface area (Å²) in [4.78, 5) is 31.5. The van der Waals surface area contributed by atoms with Crippen LogP contribution in [-0.2, 0) is 4.79 Å². The van der Waals surface area contributed by atoms with Crippen LogP contribution in [0.1, 0.15) is 18.9 Å². The Bertz CT molecular complexity index is 1470. The zero-order chi connectivity index (χ0) is 24.9. The van der Waals surface area contributed by atoms with Crippen LogP contribution < -0.4 is 14.8 Å². The third-order valence-electron chi connectivity index (χ3n) is 5.66. The van der Waals surface area contributed by atoms with Gasteiger partial charge in [0.1, 0.15) is 23.7 Å². The second kappa shape index (κ2) is 10.3. The van der Waals surface area contributed by atoms with E-state index < -0.39 is 0 Å². The fourth-order valence-corrected chi connectivity index (χ4v) is 3.92. The van der Waals surface area contributed by atoms with Crippen LogP contribution in [0.2, 0.25) is 0 Å². The number of para-hydroxylation sites is 1. The molecule has 4 heterocycles. The number of amides is 1. The molecule has 1 fully saturated rings. The highest BCUT2D eigenvalue weighted by atomic mass is 16.5. The molecule has 1 atom stereocenters. The number of hydrogen-bond donors (Lipinski definition) is 1. The molecule has 0 aliphatic carbocycles. The van der Waals surface area contributed by atoms with E-state index in [0.717, 1.165) is 23.4 Å². The maximum atomic E-state index is 12.0. The molecule has 9 heteroatoms. The number of aryl methyl sites for hydroxylation is 1. The van der Waals surface area contributed by atoms with Gasteiger partial charge in [0.05, 0.1) is 23.9 Å². The summed E-state index contributed by atoms with van der Waals surface area (Å²) in [6, 6.07) is 15.1. The molecule has 1 aromatic carbocycles. The smallest absolute Gasteiger partial charge is 0.298 e. The highest BCUT2D eigenvalue weighted by Crippen LogP contribution is 2.28. The zero-order valence-electron chi connectivity index (χ0n) is 19.9. The lowest BCUT2D eigenvalue weighted by Gasteiger charge is -2.15. The fourth-order valence-electron chi connectivity index (χ4n) is 3.92. The third kappa shape index (κ3) is 5.18. The quantitative estimate of drug-likeness (QED) is 0.408. The predicted molar refractivity (Wildman–Crippen MR) is 135 cm³/mol. The van der Waals surface area contributed by atoms with Crippen molar-refractivity contribution in [3.8, 4) is 29.4 Å². The number of ether oxygens (including phenoxy) is 2. The van der Waals surface area contributed by atoms with Gasteiger partial charge < -0.3 is 19.7 Å². The number of rotatable bonds is 6. The summed E-state index contributed by atoms with van der Waals surface area (Å²) in [5, 5.41) is 3.28. The predicted octanol–water partition coefficient (Wildman–Crippen LogP) is 4.27. The number of carbonyl (C=O) groups is 1. The Morgan fingerprint density at radius 2 is 2.00 bits per heavy atom. The van der Waals surface area contributed by atoms with Crippen molar-refractivity contribution < 1.29 is 14.3 Å². The van der Waals surface area contributed by atoms with E-state index in [9.17, 15) is 4.79 Å². The molecule has 5 rings (SSSR count). The molecule has 1 saturated heterocycles. The molecule has 1 aliphatic heterocycles. The summed E-state index contributed by atoms with van der Waals surface area (Å²) >= 11 is 0. The summed E-state index contributed by atoms with van der Waals surface area (Å²) in [6.07, 6.45) is 3.73. The highest BCUT2D eigenvalue weighted by Gasteiger charge is 2.27. The third-order valence-corrected chi connectivity index (χ3v) is 5.66. The first-order chi connectivity index (χ1) is 17.6. The largest absolute Gasteiger partial charge is 0.472 e. The van der Waals surface area contributed by atoms with Crippen LogP contribution in [-0.4, -0.2) is 49.9 Å². The molecule has 0 saturated carbocycles. The summed E-state index contributed by atoms with van der Waals surface area (Å²) in [5.41, 5.74) is 2.85. The van der Waals surface area contributed by atoms with Crippen molar-refractivity contribution in [3.63, 3.8) is 0 Å². The molecule has 36 heavy (non-hydrogen) atoms. The topological polar surface area (TPSA) is 102 Å². The molecule has 1 aliphatic rings. The first-order valence-electron chi connectivity index (χ1n) is 11.6. The number of fused-ring (bicyclic) bond motifs is 1. The van der Waals surface area contributed by atoms with E-state index in [1.54, 1.807) is 24.1 Å². The fraction of sp³-hybridized carbons (Fsp3) is 0.222. The number of anilines is 2. The van der Waals surface area contributed by atoms with E-state index in [2.05, 4.69) is 37.1 Å². The van der Waals surface area contributed by atoms with E-state index in [-0.39, 0.29) is 12.0 Å². The molecule has 1 amide bonds. The minimum Gasteiger partial charge on any atom is -0.472 e. The monoisotopic (exact) mass is 480 g/mol. The lowest BCUT2D eigenvalue weighted by atomic mass is 10.2. The SMILES string of the molecule is CC#CC(=O)N1CC[C@H](Oc2ccc3ncnc(Nc4cnc(Oc5ccccc5)c(C)c4)c3n2)C1. The zero-order valence-corrected chi connectivity index (χ0v) is 19.9. The van der Waals surface area contributed by atoms with Crippen LogP contribution in [0.4, 0.5) is 11.5 Å². The second-order valence-corrected chi connectivity index (χ2v) is 8.28. The minimum absolute atomic E-state index is 0.150. The molecule has 0 unspecified atom stereocenters. The number of likely N-dealkylation sites (tertiary alicyclic amines) is 1. The van der Waals surface area contributed by atoms with Gasteiger partial charge in [-0.3, -0.25) is 4.79 Å². The van der Waals surface area contributed by atoms with Crippen molar-refractivity contribution in [1.82, 2.24) is 24.8 Å². The summed E-state index contributed by atoms with van der Waals surface area (Å²) in [6.45, 7) is 4.67. The second-order valence-electron chi connectivity index (χ2n) is 8.28. The average Bonchev–Trinajstić information content (AvgIpc) is 3.35. The van der Waals surface area contributed by atoms with Gasteiger partial charge in [0.2, 0.25) is 11.8 Å². The van der Waals surface area contributed by atoms with Crippen molar-refractivity contribution >= 4 is 28.4 Å². The molecule has 1 N–H and O–H groups in total. The van der Waals surface area contributed by atoms with E-state index >= 15 is 0 Å². The standard InChI is InChI=1S/C27H24N6O3/c1-3-7-24(34)33-13-12-21(16-33)35-23-11-10-22-25(32-23)26(30-17-29-22)31-19-14-18(2)27(28-15-19)36-20-8-5-4-6-9-20/h4-6,8-11,14-15,17,21H,12-13,16H2,1-2H3,(H,29,30,31)/t21-/m0/s1. The molecule has 0 spiro atoms. The van der Waals surface area contributed by atoms with Crippen molar-refractivity contribution in [2.45, 2.75) is 26.4 Å². The van der Waals surface area contributed by atoms with Crippen molar-refractivity contribution in [2.24, 2.45) is 0 Å². The number of carbonyl (C=O) groups excluding carboxylic acids is 1. The van der Waals surface area contributed by atoms with Gasteiger partial charge in [0.15, 0.2) is 5.82 Å². The number of pyridine rings is 2. The van der Waals surface area contributed by atoms with Crippen molar-refractivity contribution in [1.29, 1.82) is 0 Å². The number of benzene rings is 1. The van der Waals surface area contributed by atoms with Crippen LogP contribution >= 0.6 is 0 Å². The molecule has 4 aromatic rings. The molecule has 0 bridgehead atoms. The van der Waals surface area contributed by atoms with Gasteiger partial charge in [-0.1, -0.05) is 24.1 Å². The Kier molecular flexibility index (Phi) is 6.58. The van der Waals surface area contributed by atoms with Crippen molar-refractivity contribution in [2.75, 3.05) is 18.4 Å². The van der Waals surface area contributed by atoms with Crippen LogP contribution in [0, 0.1) is 18.8 Å². The van der Waals surface area contributed by atoms with Gasteiger partial charge in [-0.25, -0.2) is 19.9 Å². The maximum Gasteiger partial charge on any atom is 0.298 e. The Morgan fingerprint density at radius 1 is 1.14 bits per heavy atom. The Labute approximate surface area is 208 Å². The minimum atomic E-state index is -0.181. The summed E-state index contributed by atoms with van der Waals surface area (Å²) < 4.78 is 11.9. The molecular formula is C27H24N6O3. The molecule has 180 valence electrons. The highest BCUT2D eigenvalue weighted by molar-refractivity contribution is 5.93. The number of hydrogen-bond acceptors (Lipinski definition) is 8.